The normalized spacial score (nSPS) is 8.55. The summed E-state index contributed by atoms with van der Waals surface area (Å²) in [5, 5.41) is 3.16. The maximum Gasteiger partial charge on any atom is 0.133 e. The fourth-order valence-corrected chi connectivity index (χ4v) is 1.42. The molecule has 1 N–H and O–H groups in total. The summed E-state index contributed by atoms with van der Waals surface area (Å²) < 4.78 is 0.948. The minimum absolute atomic E-state index is 0. The van der Waals surface area contributed by atoms with Crippen LogP contribution in [0.15, 0.2) is 0 Å². The number of hydrogen-bond acceptors (Lipinski definition) is 2. The second-order valence-corrected chi connectivity index (χ2v) is 3.83. The first-order valence-corrected chi connectivity index (χ1v) is 5.11. The average molecular weight is 233 g/mol. The molecular formula is C7H15FeNS2. The molecule has 0 radical (unpaired) electrons. The second-order valence-electron chi connectivity index (χ2n) is 2.06. The molecule has 0 saturated heterocycles. The van der Waals surface area contributed by atoms with Crippen molar-refractivity contribution in [2.75, 3.05) is 12.3 Å². The minimum atomic E-state index is 0. The zero-order valence-corrected chi connectivity index (χ0v) is 9.74. The van der Waals surface area contributed by atoms with Crippen molar-refractivity contribution in [2.24, 2.45) is 0 Å². The van der Waals surface area contributed by atoms with E-state index in [1.807, 2.05) is 0 Å². The van der Waals surface area contributed by atoms with Crippen LogP contribution >= 0.6 is 24.0 Å². The van der Waals surface area contributed by atoms with E-state index in [1.54, 1.807) is 11.8 Å². The summed E-state index contributed by atoms with van der Waals surface area (Å²) in [7, 11) is 0. The van der Waals surface area contributed by atoms with E-state index in [9.17, 15) is 0 Å². The van der Waals surface area contributed by atoms with Crippen molar-refractivity contribution >= 4 is 28.3 Å². The summed E-state index contributed by atoms with van der Waals surface area (Å²) in [5.74, 6) is 1.13. The molecule has 0 aliphatic rings. The summed E-state index contributed by atoms with van der Waals surface area (Å²) in [4.78, 5) is 0. The van der Waals surface area contributed by atoms with Crippen LogP contribution < -0.4 is 5.32 Å². The zero-order chi connectivity index (χ0) is 7.82. The van der Waals surface area contributed by atoms with E-state index in [2.05, 4.69) is 19.2 Å². The van der Waals surface area contributed by atoms with Crippen molar-refractivity contribution in [3.63, 3.8) is 0 Å². The van der Waals surface area contributed by atoms with E-state index in [-0.39, 0.29) is 17.1 Å². The molecule has 11 heavy (non-hydrogen) atoms. The van der Waals surface area contributed by atoms with Gasteiger partial charge in [-0.2, -0.15) is 0 Å². The SMILES string of the molecule is CCCNC(=S)SCCC.[Fe]. The summed E-state index contributed by atoms with van der Waals surface area (Å²) in [6.45, 7) is 5.31. The van der Waals surface area contributed by atoms with Crippen LogP contribution in [0.2, 0.25) is 0 Å². The van der Waals surface area contributed by atoms with Gasteiger partial charge < -0.3 is 5.32 Å². The van der Waals surface area contributed by atoms with Crippen molar-refractivity contribution in [3.05, 3.63) is 0 Å². The van der Waals surface area contributed by atoms with E-state index in [4.69, 9.17) is 12.2 Å². The summed E-state index contributed by atoms with van der Waals surface area (Å²) in [6.07, 6.45) is 2.34. The quantitative estimate of drug-likeness (QED) is 0.591. The van der Waals surface area contributed by atoms with Gasteiger partial charge >= 0.3 is 0 Å². The first-order chi connectivity index (χ1) is 4.81. The number of hydrogen-bond donors (Lipinski definition) is 1. The minimum Gasteiger partial charge on any atom is -0.371 e. The molecule has 0 aromatic heterocycles. The van der Waals surface area contributed by atoms with Crippen LogP contribution in [-0.4, -0.2) is 16.6 Å². The van der Waals surface area contributed by atoms with E-state index in [1.165, 1.54) is 6.42 Å². The molecule has 0 atom stereocenters. The third-order valence-corrected chi connectivity index (χ3v) is 2.47. The molecule has 0 saturated carbocycles. The monoisotopic (exact) mass is 233 g/mol. The van der Waals surface area contributed by atoms with Crippen LogP contribution in [0.4, 0.5) is 0 Å². The Balaban J connectivity index is 0. The molecule has 0 heterocycles. The van der Waals surface area contributed by atoms with Crippen LogP contribution in [0, 0.1) is 0 Å². The number of thioether (sulfide) groups is 1. The van der Waals surface area contributed by atoms with Crippen LogP contribution in [0.1, 0.15) is 26.7 Å². The fourth-order valence-electron chi connectivity index (χ4n) is 0.473. The molecule has 0 amide bonds. The first-order valence-electron chi connectivity index (χ1n) is 3.71. The van der Waals surface area contributed by atoms with E-state index < -0.39 is 0 Å². The van der Waals surface area contributed by atoms with Crippen LogP contribution in [0.3, 0.4) is 0 Å². The van der Waals surface area contributed by atoms with E-state index >= 15 is 0 Å². The van der Waals surface area contributed by atoms with Crippen molar-refractivity contribution in [1.29, 1.82) is 0 Å². The predicted molar refractivity (Wildman–Crippen MR) is 53.6 cm³/mol. The third-order valence-electron chi connectivity index (χ3n) is 0.957. The Morgan fingerprint density at radius 3 is 2.45 bits per heavy atom. The van der Waals surface area contributed by atoms with E-state index in [0.717, 1.165) is 23.0 Å². The van der Waals surface area contributed by atoms with Gasteiger partial charge in [-0.1, -0.05) is 37.8 Å². The van der Waals surface area contributed by atoms with Gasteiger partial charge in [0.1, 0.15) is 4.32 Å². The Morgan fingerprint density at radius 2 is 2.00 bits per heavy atom. The first kappa shape index (κ1) is 14.3. The molecule has 0 rings (SSSR count). The summed E-state index contributed by atoms with van der Waals surface area (Å²) >= 11 is 6.77. The molecule has 1 nitrogen and oxygen atoms in total. The average Bonchev–Trinajstić information content (AvgIpc) is 1.97. The molecule has 0 aromatic rings. The van der Waals surface area contributed by atoms with Gasteiger partial charge in [-0.05, 0) is 18.6 Å². The second kappa shape index (κ2) is 10.8. The Labute approximate surface area is 89.6 Å². The van der Waals surface area contributed by atoms with Crippen molar-refractivity contribution in [1.82, 2.24) is 5.32 Å². The maximum absolute atomic E-state index is 5.04. The van der Waals surface area contributed by atoms with Gasteiger partial charge in [0.05, 0.1) is 0 Å². The summed E-state index contributed by atoms with van der Waals surface area (Å²) in [6, 6.07) is 0. The predicted octanol–water partition coefficient (Wildman–Crippen LogP) is 2.41. The maximum atomic E-state index is 5.04. The topological polar surface area (TPSA) is 12.0 Å². The van der Waals surface area contributed by atoms with Crippen LogP contribution in [0.25, 0.3) is 0 Å². The van der Waals surface area contributed by atoms with Gasteiger partial charge in [-0.15, -0.1) is 0 Å². The Morgan fingerprint density at radius 1 is 1.36 bits per heavy atom. The van der Waals surface area contributed by atoms with Gasteiger partial charge in [0.25, 0.3) is 0 Å². The summed E-state index contributed by atoms with van der Waals surface area (Å²) in [5.41, 5.74) is 0. The number of thiocarbonyl (C=S) groups is 1. The van der Waals surface area contributed by atoms with E-state index in [0.29, 0.717) is 0 Å². The molecule has 68 valence electrons. The fraction of sp³-hybridized carbons (Fsp3) is 0.857. The van der Waals surface area contributed by atoms with Gasteiger partial charge in [-0.3, -0.25) is 0 Å². The Bertz CT molecular complexity index is 88.4. The van der Waals surface area contributed by atoms with Gasteiger partial charge in [0.2, 0.25) is 0 Å². The third kappa shape index (κ3) is 10.8. The molecule has 0 bridgehead atoms. The molecule has 0 aromatic carbocycles. The smallest absolute Gasteiger partial charge is 0.133 e. The van der Waals surface area contributed by atoms with Gasteiger partial charge in [0.15, 0.2) is 0 Å². The number of nitrogens with one attached hydrogen (secondary N) is 1. The number of rotatable bonds is 4. The largest absolute Gasteiger partial charge is 0.371 e. The molecule has 0 unspecified atom stereocenters. The van der Waals surface area contributed by atoms with Crippen molar-refractivity contribution in [2.45, 2.75) is 26.7 Å². The molecular weight excluding hydrogens is 218 g/mol. The Kier molecular flexibility index (Phi) is 14.0. The Hall–Kier alpha value is 0.759. The molecule has 0 fully saturated rings. The standard InChI is InChI=1S/C7H15NS2.Fe/c1-3-5-8-7(9)10-6-4-2;/h3-6H2,1-2H3,(H,8,9);. The molecule has 4 heteroatoms. The molecule has 0 aliphatic carbocycles. The van der Waals surface area contributed by atoms with Crippen molar-refractivity contribution in [3.8, 4) is 0 Å². The van der Waals surface area contributed by atoms with Crippen molar-refractivity contribution < 1.29 is 17.1 Å². The van der Waals surface area contributed by atoms with Crippen LogP contribution in [0.5, 0.6) is 0 Å². The zero-order valence-electron chi connectivity index (χ0n) is 7.00. The van der Waals surface area contributed by atoms with Gasteiger partial charge in [0, 0.05) is 23.6 Å². The van der Waals surface area contributed by atoms with Gasteiger partial charge in [-0.25, -0.2) is 0 Å². The molecule has 0 aliphatic heterocycles. The van der Waals surface area contributed by atoms with Crippen LogP contribution in [-0.2, 0) is 17.1 Å². The molecule has 0 spiro atoms.